The molecule has 1 aromatic rings. The lowest BCUT2D eigenvalue weighted by molar-refractivity contribution is -0.139. The molecule has 0 amide bonds. The Balaban J connectivity index is 0.00000106. The summed E-state index contributed by atoms with van der Waals surface area (Å²) in [5, 5.41) is 9.18. The van der Waals surface area contributed by atoms with Crippen LogP contribution in [0.25, 0.3) is 0 Å². The third-order valence-electron chi connectivity index (χ3n) is 1.80. The zero-order chi connectivity index (χ0) is 12.6. The summed E-state index contributed by atoms with van der Waals surface area (Å²) in [5.41, 5.74) is 0.808. The first-order chi connectivity index (χ1) is 7.67. The highest BCUT2D eigenvalue weighted by Gasteiger charge is 2.05. The molecule has 0 aromatic heterocycles. The van der Waals surface area contributed by atoms with Gasteiger partial charge in [-0.15, -0.1) is 0 Å². The van der Waals surface area contributed by atoms with Gasteiger partial charge in [-0.2, -0.15) is 0 Å². The van der Waals surface area contributed by atoms with Crippen molar-refractivity contribution >= 4 is 12.3 Å². The first-order valence-corrected chi connectivity index (χ1v) is 5.01. The number of benzene rings is 1. The molecule has 0 bridgehead atoms. The van der Waals surface area contributed by atoms with Gasteiger partial charge in [0.1, 0.15) is 5.75 Å². The van der Waals surface area contributed by atoms with Gasteiger partial charge in [0.05, 0.1) is 19.1 Å². The molecule has 0 unspecified atom stereocenters. The van der Waals surface area contributed by atoms with Crippen LogP contribution in [-0.2, 0) is 16.0 Å². The fourth-order valence-corrected chi connectivity index (χ4v) is 1.05. The third-order valence-corrected chi connectivity index (χ3v) is 1.80. The number of rotatable bonds is 3. The lowest BCUT2D eigenvalue weighted by Gasteiger charge is -2.02. The quantitative estimate of drug-likeness (QED) is 0.629. The highest BCUT2D eigenvalue weighted by Crippen LogP contribution is 2.16. The van der Waals surface area contributed by atoms with E-state index < -0.39 is 0 Å². The molecule has 1 aromatic carbocycles. The highest BCUT2D eigenvalue weighted by atomic mass is 16.5. The molecule has 1 rings (SSSR count). The number of phenols is 1. The number of hydrogen-bond acceptors (Lipinski definition) is 4. The van der Waals surface area contributed by atoms with Crippen molar-refractivity contribution in [1.29, 1.82) is 0 Å². The number of hydrogen-bond donors (Lipinski definition) is 1. The van der Waals surface area contributed by atoms with Crippen LogP contribution in [0.15, 0.2) is 18.2 Å². The number of aldehydes is 1. The summed E-state index contributed by atoms with van der Waals surface area (Å²) in [6.07, 6.45) is 0.633. The van der Waals surface area contributed by atoms with Gasteiger partial charge in [0.25, 0.3) is 0 Å². The maximum Gasteiger partial charge on any atom is 0.309 e. The van der Waals surface area contributed by atoms with Crippen molar-refractivity contribution in [1.82, 2.24) is 0 Å². The molecule has 0 aliphatic heterocycles. The van der Waals surface area contributed by atoms with Gasteiger partial charge >= 0.3 is 5.97 Å². The molecule has 16 heavy (non-hydrogen) atoms. The van der Waals surface area contributed by atoms with Gasteiger partial charge < -0.3 is 9.84 Å². The number of carbonyl (C=O) groups is 2. The highest BCUT2D eigenvalue weighted by molar-refractivity contribution is 5.80. The normalized spacial score (nSPS) is 8.69. The molecule has 0 aliphatic carbocycles. The monoisotopic (exact) mass is 224 g/mol. The smallest absolute Gasteiger partial charge is 0.309 e. The third kappa shape index (κ3) is 4.13. The van der Waals surface area contributed by atoms with E-state index in [4.69, 9.17) is 0 Å². The average Bonchev–Trinajstić information content (AvgIpc) is 2.34. The summed E-state index contributed by atoms with van der Waals surface area (Å²) < 4.78 is 4.47. The van der Waals surface area contributed by atoms with Gasteiger partial charge in [0.2, 0.25) is 0 Å². The van der Waals surface area contributed by atoms with E-state index >= 15 is 0 Å². The van der Waals surface area contributed by atoms with E-state index in [2.05, 4.69) is 4.74 Å². The van der Waals surface area contributed by atoms with E-state index in [1.807, 2.05) is 13.8 Å². The van der Waals surface area contributed by atoms with Crippen LogP contribution in [-0.4, -0.2) is 24.5 Å². The molecule has 0 heterocycles. The molecule has 4 heteroatoms. The van der Waals surface area contributed by atoms with E-state index in [1.54, 1.807) is 6.07 Å². The van der Waals surface area contributed by atoms with Crippen LogP contribution < -0.4 is 0 Å². The Morgan fingerprint density at radius 3 is 2.56 bits per heavy atom. The first-order valence-electron chi connectivity index (χ1n) is 5.01. The molecule has 88 valence electrons. The van der Waals surface area contributed by atoms with Crippen molar-refractivity contribution in [2.24, 2.45) is 0 Å². The predicted molar refractivity (Wildman–Crippen MR) is 60.6 cm³/mol. The molecule has 0 saturated heterocycles. The van der Waals surface area contributed by atoms with Gasteiger partial charge in [-0.05, 0) is 17.7 Å². The fourth-order valence-electron chi connectivity index (χ4n) is 1.05. The lowest BCUT2D eigenvalue weighted by atomic mass is 10.1. The van der Waals surface area contributed by atoms with Crippen molar-refractivity contribution in [2.45, 2.75) is 20.3 Å². The van der Waals surface area contributed by atoms with E-state index in [9.17, 15) is 14.7 Å². The van der Waals surface area contributed by atoms with Gasteiger partial charge in [0.15, 0.2) is 6.29 Å². The van der Waals surface area contributed by atoms with Crippen LogP contribution in [0.1, 0.15) is 29.8 Å². The van der Waals surface area contributed by atoms with Crippen LogP contribution in [0.5, 0.6) is 5.75 Å². The topological polar surface area (TPSA) is 63.6 Å². The zero-order valence-electron chi connectivity index (χ0n) is 9.69. The van der Waals surface area contributed by atoms with Crippen molar-refractivity contribution in [2.75, 3.05) is 7.11 Å². The number of phenolic OH excluding ortho intramolecular Hbond substituents is 1. The second-order valence-corrected chi connectivity index (χ2v) is 2.76. The lowest BCUT2D eigenvalue weighted by Crippen LogP contribution is -2.04. The maximum absolute atomic E-state index is 10.9. The first kappa shape index (κ1) is 14.2. The second kappa shape index (κ2) is 7.45. The summed E-state index contributed by atoms with van der Waals surface area (Å²) >= 11 is 0. The van der Waals surface area contributed by atoms with Gasteiger partial charge in [-0.3, -0.25) is 9.59 Å². The summed E-state index contributed by atoms with van der Waals surface area (Å²) in [6, 6.07) is 4.40. The number of ether oxygens (including phenoxy) is 1. The van der Waals surface area contributed by atoms with E-state index in [0.717, 1.165) is 0 Å². The van der Waals surface area contributed by atoms with Crippen LogP contribution in [0.3, 0.4) is 0 Å². The maximum atomic E-state index is 10.9. The van der Waals surface area contributed by atoms with Crippen molar-refractivity contribution in [3.05, 3.63) is 29.3 Å². The Morgan fingerprint density at radius 2 is 2.06 bits per heavy atom. The molecular weight excluding hydrogens is 208 g/mol. The number of aromatic hydroxyl groups is 1. The van der Waals surface area contributed by atoms with E-state index in [0.29, 0.717) is 11.8 Å². The van der Waals surface area contributed by atoms with Crippen molar-refractivity contribution in [3.8, 4) is 5.75 Å². The Hall–Kier alpha value is -1.84. The molecular formula is C12H16O4. The summed E-state index contributed by atoms with van der Waals surface area (Å²) in [6.45, 7) is 4.00. The predicted octanol–water partition coefficient (Wildman–Crippen LogP) is 1.95. The average molecular weight is 224 g/mol. The fraction of sp³-hybridized carbons (Fsp3) is 0.333. The van der Waals surface area contributed by atoms with Crippen molar-refractivity contribution < 1.29 is 19.4 Å². The molecule has 4 nitrogen and oxygen atoms in total. The van der Waals surface area contributed by atoms with Crippen LogP contribution in [0.4, 0.5) is 0 Å². The van der Waals surface area contributed by atoms with Crippen LogP contribution in [0.2, 0.25) is 0 Å². The Kier molecular flexibility index (Phi) is 6.59. The summed E-state index contributed by atoms with van der Waals surface area (Å²) in [4.78, 5) is 21.4. The molecule has 0 radical (unpaired) electrons. The Bertz CT molecular complexity index is 358. The number of carbonyl (C=O) groups excluding carboxylic acids is 2. The molecule has 0 saturated carbocycles. The molecule has 1 N–H and O–H groups in total. The molecule has 0 atom stereocenters. The Labute approximate surface area is 94.9 Å². The minimum atomic E-state index is -0.382. The molecule has 0 fully saturated rings. The number of methoxy groups -OCH3 is 1. The van der Waals surface area contributed by atoms with E-state index in [-0.39, 0.29) is 23.7 Å². The van der Waals surface area contributed by atoms with Gasteiger partial charge in [0, 0.05) is 0 Å². The van der Waals surface area contributed by atoms with Crippen LogP contribution >= 0.6 is 0 Å². The molecule has 0 aliphatic rings. The summed E-state index contributed by atoms with van der Waals surface area (Å²) in [7, 11) is 1.30. The largest absolute Gasteiger partial charge is 0.507 e. The number of esters is 1. The van der Waals surface area contributed by atoms with Crippen LogP contribution in [0, 0.1) is 0 Å². The van der Waals surface area contributed by atoms with E-state index in [1.165, 1.54) is 19.2 Å². The zero-order valence-corrected chi connectivity index (χ0v) is 9.69. The van der Waals surface area contributed by atoms with Gasteiger partial charge in [-0.25, -0.2) is 0 Å². The minimum Gasteiger partial charge on any atom is -0.507 e. The Morgan fingerprint density at radius 1 is 1.44 bits per heavy atom. The minimum absolute atomic E-state index is 0.0892. The SMILES string of the molecule is CC.COC(=O)Cc1ccc(O)c(C=O)c1. The summed E-state index contributed by atoms with van der Waals surface area (Å²) in [5.74, 6) is -0.471. The molecule has 0 spiro atoms. The standard InChI is InChI=1S/C10H10O4.C2H6/c1-14-10(13)5-7-2-3-9(12)8(4-7)6-11;1-2/h2-4,6,12H,5H2,1H3;1-2H3. The van der Waals surface area contributed by atoms with Gasteiger partial charge in [-0.1, -0.05) is 19.9 Å². The second-order valence-electron chi connectivity index (χ2n) is 2.76. The van der Waals surface area contributed by atoms with Crippen molar-refractivity contribution in [3.63, 3.8) is 0 Å².